The van der Waals surface area contributed by atoms with Crippen molar-refractivity contribution >= 4 is 46.4 Å². The van der Waals surface area contributed by atoms with Crippen LogP contribution >= 0.6 is 0 Å². The number of rotatable bonds is 11. The minimum atomic E-state index is -0.834. The summed E-state index contributed by atoms with van der Waals surface area (Å²) in [7, 11) is 2.53. The fourth-order valence-electron chi connectivity index (χ4n) is 8.24. The quantitative estimate of drug-likeness (QED) is 0.151. The van der Waals surface area contributed by atoms with Crippen molar-refractivity contribution in [1.82, 2.24) is 35.7 Å². The Morgan fingerprint density at radius 1 is 0.780 bits per heavy atom. The summed E-state index contributed by atoms with van der Waals surface area (Å²) in [5.74, 6) is 0.450. The third-order valence-corrected chi connectivity index (χ3v) is 11.5. The molecule has 4 amide bonds. The molecule has 0 bridgehead atoms. The zero-order valence-electron chi connectivity index (χ0n) is 34.3. The molecule has 4 N–H and O–H groups in total. The number of hydrogen-bond acceptors (Lipinski definition) is 10. The van der Waals surface area contributed by atoms with Crippen LogP contribution < -0.4 is 16.0 Å². The van der Waals surface area contributed by atoms with Crippen molar-refractivity contribution in [2.45, 2.75) is 77.2 Å². The molecule has 2 fully saturated rings. The summed E-state index contributed by atoms with van der Waals surface area (Å²) in [4.78, 5) is 79.9. The van der Waals surface area contributed by atoms with Gasteiger partial charge in [-0.25, -0.2) is 14.6 Å². The first kappa shape index (κ1) is 40.9. The number of carbonyl (C=O) groups is 5. The highest BCUT2D eigenvalue weighted by Gasteiger charge is 2.43. The zero-order valence-corrected chi connectivity index (χ0v) is 34.3. The molecule has 0 saturated carbocycles. The molecule has 3 aliphatic rings. The number of fused-ring (bicyclic) bond motifs is 1. The summed E-state index contributed by atoms with van der Waals surface area (Å²) in [6.45, 7) is 8.48. The number of aromatic nitrogens is 2. The molecule has 4 aromatic rings. The van der Waals surface area contributed by atoms with Gasteiger partial charge in [0.05, 0.1) is 57.3 Å². The van der Waals surface area contributed by atoms with Crippen LogP contribution in [-0.2, 0) is 23.9 Å². The predicted molar refractivity (Wildman–Crippen MR) is 222 cm³/mol. The Hall–Kier alpha value is -6.25. The second-order valence-corrected chi connectivity index (χ2v) is 16.1. The lowest BCUT2D eigenvalue weighted by molar-refractivity contribution is -0.136. The molecule has 3 aliphatic heterocycles. The Labute approximate surface area is 343 Å². The number of amidine groups is 1. The molecule has 3 aromatic carbocycles. The van der Waals surface area contributed by atoms with Crippen LogP contribution in [-0.4, -0.2) is 107 Å². The van der Waals surface area contributed by atoms with Gasteiger partial charge in [-0.3, -0.25) is 19.4 Å². The summed E-state index contributed by atoms with van der Waals surface area (Å²) in [6, 6.07) is 18.6. The summed E-state index contributed by atoms with van der Waals surface area (Å²) >= 11 is 0. The van der Waals surface area contributed by atoms with Gasteiger partial charge in [0.15, 0.2) is 5.78 Å². The van der Waals surface area contributed by atoms with Crippen molar-refractivity contribution in [2.24, 2.45) is 16.8 Å². The fourth-order valence-corrected chi connectivity index (χ4v) is 8.24. The lowest BCUT2D eigenvalue weighted by Crippen LogP contribution is -2.55. The average molecular weight is 805 g/mol. The lowest BCUT2D eigenvalue weighted by atomic mass is 9.97. The number of nitrogens with one attached hydrogen (secondary N) is 4. The number of methoxy groups -OCH3 is 2. The van der Waals surface area contributed by atoms with Crippen LogP contribution in [0.1, 0.15) is 70.4 Å². The van der Waals surface area contributed by atoms with E-state index in [0.717, 1.165) is 57.4 Å². The van der Waals surface area contributed by atoms with Crippen LogP contribution in [0.2, 0.25) is 0 Å². The van der Waals surface area contributed by atoms with E-state index >= 15 is 0 Å². The van der Waals surface area contributed by atoms with Gasteiger partial charge in [0, 0.05) is 18.5 Å². The first-order valence-electron chi connectivity index (χ1n) is 20.2. The van der Waals surface area contributed by atoms with E-state index in [1.165, 1.54) is 19.1 Å². The topological polar surface area (TPSA) is 187 Å². The molecule has 7 rings (SSSR count). The molecule has 59 heavy (non-hydrogen) atoms. The summed E-state index contributed by atoms with van der Waals surface area (Å²) in [6.07, 6.45) is 2.26. The van der Waals surface area contributed by atoms with E-state index in [-0.39, 0.29) is 54.5 Å². The summed E-state index contributed by atoms with van der Waals surface area (Å²) in [5, 5.41) is 10.9. The van der Waals surface area contributed by atoms with Crippen LogP contribution in [0.4, 0.5) is 9.59 Å². The maximum Gasteiger partial charge on any atom is 0.407 e. The van der Waals surface area contributed by atoms with E-state index in [9.17, 15) is 24.0 Å². The van der Waals surface area contributed by atoms with Crippen LogP contribution in [0, 0.1) is 11.8 Å². The number of H-pyrrole nitrogens is 1. The molecule has 15 nitrogen and oxygen atoms in total. The number of carbonyl (C=O) groups excluding carboxylic acids is 5. The summed E-state index contributed by atoms with van der Waals surface area (Å²) < 4.78 is 9.49. The number of aromatic amines is 1. The first-order chi connectivity index (χ1) is 28.3. The number of hydrogen-bond donors (Lipinski definition) is 4. The fraction of sp³-hybridized carbons (Fsp3) is 0.432. The van der Waals surface area contributed by atoms with E-state index in [2.05, 4.69) is 81.6 Å². The van der Waals surface area contributed by atoms with Gasteiger partial charge in [-0.15, -0.1) is 0 Å². The Bertz CT molecular complexity index is 2270. The number of ether oxygens (including phenoxy) is 2. The largest absolute Gasteiger partial charge is 0.453 e. The van der Waals surface area contributed by atoms with E-state index in [1.807, 2.05) is 38.8 Å². The van der Waals surface area contributed by atoms with Crippen molar-refractivity contribution in [1.29, 1.82) is 0 Å². The maximum absolute atomic E-state index is 13.6. The predicted octanol–water partition coefficient (Wildman–Crippen LogP) is 5.53. The number of Topliss-reactive ketones (excluding diaryl/α,β-unsaturated/α-hetero) is 1. The first-order valence-corrected chi connectivity index (χ1v) is 20.2. The maximum atomic E-state index is 13.6. The van der Waals surface area contributed by atoms with Crippen LogP contribution in [0.15, 0.2) is 71.9 Å². The molecule has 0 spiro atoms. The van der Waals surface area contributed by atoms with E-state index in [4.69, 9.17) is 19.5 Å². The van der Waals surface area contributed by atoms with Gasteiger partial charge in [-0.05, 0) is 64.3 Å². The van der Waals surface area contributed by atoms with Gasteiger partial charge >= 0.3 is 12.2 Å². The summed E-state index contributed by atoms with van der Waals surface area (Å²) in [5.41, 5.74) is 5.01. The highest BCUT2D eigenvalue weighted by Crippen LogP contribution is 2.34. The monoisotopic (exact) mass is 804 g/mol. The number of amides is 4. The van der Waals surface area contributed by atoms with Crippen molar-refractivity contribution < 1.29 is 33.4 Å². The molecular formula is C44H52N8O7. The molecule has 0 aliphatic carbocycles. The van der Waals surface area contributed by atoms with Crippen LogP contribution in [0.3, 0.4) is 0 Å². The Balaban J connectivity index is 1.00. The van der Waals surface area contributed by atoms with Crippen molar-refractivity contribution in [2.75, 3.05) is 33.9 Å². The number of nitrogens with zero attached hydrogens (tertiary/aromatic N) is 4. The molecule has 1 unspecified atom stereocenters. The molecule has 5 atom stereocenters. The van der Waals surface area contributed by atoms with Gasteiger partial charge in [-0.2, -0.15) is 0 Å². The highest BCUT2D eigenvalue weighted by atomic mass is 16.5. The number of likely N-dealkylation sites (tertiary alicyclic amines) is 2. The number of alkyl carbamates (subject to hydrolysis) is 2. The van der Waals surface area contributed by atoms with E-state index < -0.39 is 30.3 Å². The molecule has 310 valence electrons. The molecule has 2 saturated heterocycles. The van der Waals surface area contributed by atoms with Crippen molar-refractivity contribution in [3.63, 3.8) is 0 Å². The van der Waals surface area contributed by atoms with Crippen LogP contribution in [0.25, 0.3) is 33.2 Å². The van der Waals surface area contributed by atoms with Crippen LogP contribution in [0.5, 0.6) is 0 Å². The molecule has 15 heteroatoms. The van der Waals surface area contributed by atoms with Gasteiger partial charge in [-0.1, -0.05) is 76.2 Å². The Kier molecular flexibility index (Phi) is 12.0. The number of ketones is 1. The minimum Gasteiger partial charge on any atom is -0.453 e. The van der Waals surface area contributed by atoms with Crippen molar-refractivity contribution in [3.05, 3.63) is 78.2 Å². The Morgan fingerprint density at radius 2 is 1.37 bits per heavy atom. The smallest absolute Gasteiger partial charge is 0.407 e. The van der Waals surface area contributed by atoms with E-state index in [0.29, 0.717) is 18.9 Å². The molecule has 1 aromatic heterocycles. The second kappa shape index (κ2) is 17.3. The third kappa shape index (κ3) is 8.64. The van der Waals surface area contributed by atoms with Gasteiger partial charge in [0.2, 0.25) is 11.8 Å². The van der Waals surface area contributed by atoms with Crippen molar-refractivity contribution in [3.8, 4) is 22.4 Å². The SMILES string of the molecule is COC(=O)N[C@H](C(=O)N1CC(=O)C[C@H]1C1=NCC(c2ccc(-c3ccc4cc(-c5cnc([C@@H]6CCCN6C(=O)[C@@H](NC(=O)OC)C(C)C)[nH]5)ccc4c3)cc2)N1)C(C)C. The normalized spacial score (nSPS) is 20.1. The number of benzene rings is 3. The van der Waals surface area contributed by atoms with Gasteiger partial charge < -0.3 is 40.2 Å². The second-order valence-electron chi connectivity index (χ2n) is 16.1. The van der Waals surface area contributed by atoms with Gasteiger partial charge in [0.1, 0.15) is 23.7 Å². The van der Waals surface area contributed by atoms with E-state index in [1.54, 1.807) is 0 Å². The third-order valence-electron chi connectivity index (χ3n) is 11.5. The number of aliphatic imine (C=N–C) groups is 1. The lowest BCUT2D eigenvalue weighted by Gasteiger charge is -2.30. The highest BCUT2D eigenvalue weighted by molar-refractivity contribution is 6.03. The molecule has 0 radical (unpaired) electrons. The molecular weight excluding hydrogens is 753 g/mol. The Morgan fingerprint density at radius 3 is 2.00 bits per heavy atom. The zero-order chi connectivity index (χ0) is 42.0. The minimum absolute atomic E-state index is 0.0334. The van der Waals surface area contributed by atoms with Gasteiger partial charge in [0.25, 0.3) is 0 Å². The number of imidazole rings is 1. The standard InChI is InChI=1S/C44H52N8O7/c1-24(2)37(49-43(56)58-5)41(54)51-17-7-8-35(51)39-45-22-34(48-39)31-16-15-29-18-28(13-14-30(29)19-31)26-9-11-27(12-10-26)33-21-46-40(47-33)36-20-32(53)23-52(36)42(55)38(25(3)4)50-44(57)59-6/h9-16,18-19,22,24-25,33,35-38H,7-8,17,20-21,23H2,1-6H3,(H,45,48)(H,46,47)(H,49,56)(H,50,57)/t33?,35-,36-,37-,38-/m0/s1. The average Bonchev–Trinajstić information content (AvgIpc) is 4.08. The molecule has 4 heterocycles.